The van der Waals surface area contributed by atoms with Crippen LogP contribution in [-0.4, -0.2) is 49.0 Å². The molecule has 0 amide bonds. The maximum Gasteiger partial charge on any atom is 0.191 e. The topological polar surface area (TPSA) is 42.9 Å². The van der Waals surface area contributed by atoms with Gasteiger partial charge in [-0.2, -0.15) is 0 Å². The smallest absolute Gasteiger partial charge is 0.191 e. The Morgan fingerprint density at radius 1 is 0.656 bits per heavy atom. The van der Waals surface area contributed by atoms with E-state index in [-0.39, 0.29) is 24.0 Å². The molecule has 4 rings (SSSR count). The molecule has 0 radical (unpaired) electrons. The fourth-order valence-corrected chi connectivity index (χ4v) is 4.52. The van der Waals surface area contributed by atoms with E-state index < -0.39 is 0 Å². The van der Waals surface area contributed by atoms with Gasteiger partial charge in [0.1, 0.15) is 0 Å². The van der Waals surface area contributed by atoms with Crippen molar-refractivity contribution in [1.82, 2.24) is 20.4 Å². The van der Waals surface area contributed by atoms with E-state index in [1.165, 1.54) is 74.1 Å². The summed E-state index contributed by atoms with van der Waals surface area (Å²) in [4.78, 5) is 9.45. The number of hydrogen-bond acceptors (Lipinski definition) is 3. The number of hydrogen-bond donors (Lipinski definition) is 2. The molecule has 0 aromatic heterocycles. The molecule has 6 heteroatoms. The van der Waals surface area contributed by atoms with Crippen LogP contribution < -0.4 is 10.6 Å². The van der Waals surface area contributed by atoms with Gasteiger partial charge in [-0.15, -0.1) is 24.0 Å². The highest BCUT2D eigenvalue weighted by Gasteiger charge is 2.12. The average molecular weight is 548 g/mol. The van der Waals surface area contributed by atoms with Crippen LogP contribution in [0, 0.1) is 0 Å². The molecular formula is C26H38IN5. The summed E-state index contributed by atoms with van der Waals surface area (Å²) >= 11 is 0. The van der Waals surface area contributed by atoms with E-state index in [0.717, 1.165) is 32.1 Å². The third kappa shape index (κ3) is 7.74. The van der Waals surface area contributed by atoms with Gasteiger partial charge < -0.3 is 10.6 Å². The Morgan fingerprint density at radius 3 is 1.34 bits per heavy atom. The summed E-state index contributed by atoms with van der Waals surface area (Å²) < 4.78 is 0. The highest BCUT2D eigenvalue weighted by Crippen LogP contribution is 2.14. The van der Waals surface area contributed by atoms with Crippen molar-refractivity contribution in [2.75, 3.05) is 33.2 Å². The molecule has 2 aromatic carbocycles. The van der Waals surface area contributed by atoms with Gasteiger partial charge >= 0.3 is 0 Å². The van der Waals surface area contributed by atoms with Gasteiger partial charge in [-0.25, -0.2) is 0 Å². The third-order valence-electron chi connectivity index (χ3n) is 6.40. The maximum atomic E-state index is 4.37. The molecule has 0 spiro atoms. The molecule has 2 aliphatic heterocycles. The van der Waals surface area contributed by atoms with Crippen molar-refractivity contribution in [3.8, 4) is 0 Å². The van der Waals surface area contributed by atoms with Crippen molar-refractivity contribution in [1.29, 1.82) is 0 Å². The Kier molecular flexibility index (Phi) is 10.3. The summed E-state index contributed by atoms with van der Waals surface area (Å²) in [5.41, 5.74) is 5.36. The first-order valence-electron chi connectivity index (χ1n) is 11.8. The van der Waals surface area contributed by atoms with Crippen LogP contribution in [0.2, 0.25) is 0 Å². The highest BCUT2D eigenvalue weighted by atomic mass is 127. The van der Waals surface area contributed by atoms with Crippen LogP contribution >= 0.6 is 24.0 Å². The van der Waals surface area contributed by atoms with Crippen LogP contribution in [0.4, 0.5) is 0 Å². The molecule has 2 aliphatic rings. The average Bonchev–Trinajstić information content (AvgIpc) is 3.50. The normalized spacial score (nSPS) is 16.5. The molecule has 2 aromatic rings. The van der Waals surface area contributed by atoms with E-state index in [1.54, 1.807) is 0 Å². The van der Waals surface area contributed by atoms with E-state index in [4.69, 9.17) is 0 Å². The number of aliphatic imine (C=N–C) groups is 1. The number of guanidine groups is 1. The predicted octanol–water partition coefficient (Wildman–Crippen LogP) is 4.36. The molecule has 0 atom stereocenters. The number of rotatable bonds is 8. The van der Waals surface area contributed by atoms with E-state index in [1.807, 2.05) is 7.05 Å². The van der Waals surface area contributed by atoms with Crippen molar-refractivity contribution in [2.45, 2.75) is 51.9 Å². The van der Waals surface area contributed by atoms with Gasteiger partial charge in [-0.3, -0.25) is 14.8 Å². The summed E-state index contributed by atoms with van der Waals surface area (Å²) in [6, 6.07) is 17.9. The molecule has 5 nitrogen and oxygen atoms in total. The predicted molar refractivity (Wildman–Crippen MR) is 144 cm³/mol. The van der Waals surface area contributed by atoms with Crippen molar-refractivity contribution in [3.63, 3.8) is 0 Å². The molecule has 2 fully saturated rings. The third-order valence-corrected chi connectivity index (χ3v) is 6.40. The zero-order chi connectivity index (χ0) is 21.3. The van der Waals surface area contributed by atoms with Gasteiger partial charge in [-0.05, 0) is 74.1 Å². The lowest BCUT2D eigenvalue weighted by Gasteiger charge is -2.16. The quantitative estimate of drug-likeness (QED) is 0.293. The molecule has 0 bridgehead atoms. The fraction of sp³-hybridized carbons (Fsp3) is 0.500. The van der Waals surface area contributed by atoms with Gasteiger partial charge in [0.15, 0.2) is 5.96 Å². The largest absolute Gasteiger partial charge is 0.352 e. The molecule has 2 heterocycles. The molecule has 32 heavy (non-hydrogen) atoms. The second kappa shape index (κ2) is 13.2. The first-order chi connectivity index (χ1) is 15.3. The minimum absolute atomic E-state index is 0. The number of halogens is 1. The van der Waals surface area contributed by atoms with Crippen LogP contribution in [0.15, 0.2) is 53.5 Å². The Balaban J connectivity index is 0.00000289. The number of likely N-dealkylation sites (tertiary alicyclic amines) is 2. The second-order valence-electron chi connectivity index (χ2n) is 8.88. The zero-order valence-corrected chi connectivity index (χ0v) is 21.7. The first kappa shape index (κ1) is 25.0. The molecular weight excluding hydrogens is 509 g/mol. The Labute approximate surface area is 210 Å². The molecule has 0 aliphatic carbocycles. The first-order valence-corrected chi connectivity index (χ1v) is 11.8. The van der Waals surface area contributed by atoms with Gasteiger partial charge in [-0.1, -0.05) is 48.5 Å². The van der Waals surface area contributed by atoms with Crippen LogP contribution in [0.5, 0.6) is 0 Å². The van der Waals surface area contributed by atoms with Crippen molar-refractivity contribution < 1.29 is 0 Å². The Bertz CT molecular complexity index is 755. The lowest BCUT2D eigenvalue weighted by molar-refractivity contribution is 0.331. The number of nitrogens with zero attached hydrogens (tertiary/aromatic N) is 3. The minimum atomic E-state index is 0. The summed E-state index contributed by atoms with van der Waals surface area (Å²) in [6.07, 6.45) is 5.38. The Hall–Kier alpha value is -1.64. The van der Waals surface area contributed by atoms with E-state index in [0.29, 0.717) is 0 Å². The van der Waals surface area contributed by atoms with Gasteiger partial charge in [0.2, 0.25) is 0 Å². The van der Waals surface area contributed by atoms with Crippen molar-refractivity contribution >= 4 is 29.9 Å². The van der Waals surface area contributed by atoms with E-state index in [2.05, 4.69) is 74.0 Å². The van der Waals surface area contributed by atoms with Crippen LogP contribution in [0.3, 0.4) is 0 Å². The van der Waals surface area contributed by atoms with Crippen LogP contribution in [-0.2, 0) is 26.2 Å². The van der Waals surface area contributed by atoms with E-state index >= 15 is 0 Å². The van der Waals surface area contributed by atoms with Crippen LogP contribution in [0.1, 0.15) is 47.9 Å². The summed E-state index contributed by atoms with van der Waals surface area (Å²) in [6.45, 7) is 8.68. The molecule has 0 saturated carbocycles. The highest BCUT2D eigenvalue weighted by molar-refractivity contribution is 14.0. The minimum Gasteiger partial charge on any atom is -0.352 e. The van der Waals surface area contributed by atoms with E-state index in [9.17, 15) is 0 Å². The van der Waals surface area contributed by atoms with Crippen molar-refractivity contribution in [3.05, 3.63) is 70.8 Å². The number of nitrogens with one attached hydrogen (secondary N) is 2. The summed E-state index contributed by atoms with van der Waals surface area (Å²) in [7, 11) is 1.83. The second-order valence-corrected chi connectivity index (χ2v) is 8.88. The van der Waals surface area contributed by atoms with Crippen LogP contribution in [0.25, 0.3) is 0 Å². The fourth-order valence-electron chi connectivity index (χ4n) is 4.52. The van der Waals surface area contributed by atoms with Gasteiger partial charge in [0.05, 0.1) is 0 Å². The zero-order valence-electron chi connectivity index (χ0n) is 19.4. The lowest BCUT2D eigenvalue weighted by atomic mass is 10.1. The Morgan fingerprint density at radius 2 is 1.00 bits per heavy atom. The molecule has 2 N–H and O–H groups in total. The van der Waals surface area contributed by atoms with Gasteiger partial charge in [0, 0.05) is 33.2 Å². The van der Waals surface area contributed by atoms with Gasteiger partial charge in [0.25, 0.3) is 0 Å². The monoisotopic (exact) mass is 547 g/mol. The number of benzene rings is 2. The maximum absolute atomic E-state index is 4.37. The standard InChI is InChI=1S/C26H37N5.HI/c1-27-26(28-18-22-6-10-24(11-7-22)20-30-14-2-3-15-30)29-19-23-8-12-25(13-9-23)21-31-16-4-5-17-31;/h6-13H,2-5,14-21H2,1H3,(H2,27,28,29);1H. The summed E-state index contributed by atoms with van der Waals surface area (Å²) in [5.74, 6) is 0.835. The SMILES string of the molecule is CN=C(NCc1ccc(CN2CCCC2)cc1)NCc1ccc(CN2CCCC2)cc1.I. The van der Waals surface area contributed by atoms with Crippen molar-refractivity contribution in [2.24, 2.45) is 4.99 Å². The molecule has 2 saturated heterocycles. The lowest BCUT2D eigenvalue weighted by Crippen LogP contribution is -2.36. The molecule has 174 valence electrons. The molecule has 0 unspecified atom stereocenters. The summed E-state index contributed by atoms with van der Waals surface area (Å²) in [5, 5.41) is 6.86.